The van der Waals surface area contributed by atoms with Gasteiger partial charge in [-0.05, 0) is 0 Å². The first-order valence-corrected chi connectivity index (χ1v) is 5.60. The monoisotopic (exact) mass is 247 g/mol. The topological polar surface area (TPSA) is 65.0 Å². The number of methoxy groups -OCH3 is 1. The Morgan fingerprint density at radius 3 is 2.78 bits per heavy atom. The van der Waals surface area contributed by atoms with Gasteiger partial charge in [-0.2, -0.15) is 0 Å². The zero-order valence-corrected chi connectivity index (χ0v) is 9.96. The fourth-order valence-electron chi connectivity index (χ4n) is 1.70. The molecule has 0 N–H and O–H groups in total. The summed E-state index contributed by atoms with van der Waals surface area (Å²) >= 11 is 0. The molecule has 0 saturated carbocycles. The van der Waals surface area contributed by atoms with Crippen molar-refractivity contribution in [2.45, 2.75) is 18.9 Å². The van der Waals surface area contributed by atoms with E-state index in [0.717, 1.165) is 0 Å². The Morgan fingerprint density at radius 2 is 2.11 bits per heavy atom. The fourth-order valence-corrected chi connectivity index (χ4v) is 1.70. The van der Waals surface area contributed by atoms with Crippen LogP contribution < -0.4 is 0 Å². The van der Waals surface area contributed by atoms with Crippen LogP contribution in [-0.4, -0.2) is 30.7 Å². The average molecular weight is 247 g/mol. The summed E-state index contributed by atoms with van der Waals surface area (Å²) in [6, 6.07) is 8.85. The highest BCUT2D eigenvalue weighted by atomic mass is 16.6. The number of ketones is 1. The molecule has 0 radical (unpaired) electrons. The lowest BCUT2D eigenvalue weighted by atomic mass is 10.0. The number of hydrogen-bond donors (Lipinski definition) is 0. The molecular weight excluding hydrogens is 234 g/mol. The third-order valence-corrected chi connectivity index (χ3v) is 2.65. The predicted octanol–water partition coefficient (Wildman–Crippen LogP) is 1.58. The van der Waals surface area contributed by atoms with E-state index in [2.05, 4.69) is 9.89 Å². The Bertz CT molecular complexity index is 481. The third-order valence-electron chi connectivity index (χ3n) is 2.65. The number of rotatable bonds is 4. The normalized spacial score (nSPS) is 17.8. The number of oxime groups is 1. The van der Waals surface area contributed by atoms with Crippen LogP contribution in [0.25, 0.3) is 0 Å². The number of nitrogens with zero attached hydrogens (tertiary/aromatic N) is 1. The van der Waals surface area contributed by atoms with Crippen molar-refractivity contribution in [3.63, 3.8) is 0 Å². The molecule has 0 aliphatic carbocycles. The molecule has 1 unspecified atom stereocenters. The summed E-state index contributed by atoms with van der Waals surface area (Å²) in [7, 11) is 1.31. The lowest BCUT2D eigenvalue weighted by Gasteiger charge is -2.05. The van der Waals surface area contributed by atoms with Gasteiger partial charge in [0.1, 0.15) is 11.8 Å². The van der Waals surface area contributed by atoms with Crippen LogP contribution >= 0.6 is 0 Å². The van der Waals surface area contributed by atoms with Crippen LogP contribution in [0, 0.1) is 0 Å². The molecule has 2 rings (SSSR count). The van der Waals surface area contributed by atoms with Crippen LogP contribution in [0.1, 0.15) is 23.2 Å². The van der Waals surface area contributed by atoms with Crippen LogP contribution in [0.4, 0.5) is 0 Å². The van der Waals surface area contributed by atoms with Gasteiger partial charge in [-0.25, -0.2) is 0 Å². The molecule has 1 atom stereocenters. The average Bonchev–Trinajstić information content (AvgIpc) is 2.87. The van der Waals surface area contributed by atoms with Gasteiger partial charge in [0.25, 0.3) is 0 Å². The van der Waals surface area contributed by atoms with Crippen LogP contribution in [-0.2, 0) is 14.4 Å². The minimum atomic E-state index is -0.403. The Hall–Kier alpha value is -2.17. The zero-order chi connectivity index (χ0) is 13.0. The first-order chi connectivity index (χ1) is 8.70. The number of benzene rings is 1. The lowest BCUT2D eigenvalue weighted by Crippen LogP contribution is -2.18. The Kier molecular flexibility index (Phi) is 3.72. The summed E-state index contributed by atoms with van der Waals surface area (Å²) in [5.41, 5.74) is 0.911. The molecule has 0 spiro atoms. The fraction of sp³-hybridized carbons (Fsp3) is 0.308. The van der Waals surface area contributed by atoms with Crippen molar-refractivity contribution in [2.24, 2.45) is 5.16 Å². The maximum Gasteiger partial charge on any atom is 0.309 e. The molecule has 1 aromatic carbocycles. The molecule has 1 aliphatic rings. The van der Waals surface area contributed by atoms with E-state index in [1.54, 1.807) is 24.3 Å². The van der Waals surface area contributed by atoms with Gasteiger partial charge in [-0.1, -0.05) is 35.5 Å². The number of carbonyl (C=O) groups excluding carboxylic acids is 2. The van der Waals surface area contributed by atoms with E-state index in [-0.39, 0.29) is 18.2 Å². The van der Waals surface area contributed by atoms with Crippen molar-refractivity contribution in [1.82, 2.24) is 0 Å². The second kappa shape index (κ2) is 5.44. The summed E-state index contributed by atoms with van der Waals surface area (Å²) in [6.07, 6.45) is 0.0362. The Balaban J connectivity index is 1.97. The van der Waals surface area contributed by atoms with Gasteiger partial charge < -0.3 is 9.57 Å². The molecule has 0 aromatic heterocycles. The van der Waals surface area contributed by atoms with Crippen molar-refractivity contribution in [1.29, 1.82) is 0 Å². The maximum atomic E-state index is 12.0. The highest BCUT2D eigenvalue weighted by Gasteiger charge is 2.28. The SMILES string of the molecule is COC(=O)CC1CC(C(=O)c2ccccc2)=NO1. The number of esters is 1. The minimum absolute atomic E-state index is 0.103. The number of Topliss-reactive ketones (excluding diaryl/α,β-unsaturated/α-hetero) is 1. The maximum absolute atomic E-state index is 12.0. The first-order valence-electron chi connectivity index (χ1n) is 5.60. The smallest absolute Gasteiger partial charge is 0.309 e. The van der Waals surface area contributed by atoms with Crippen LogP contribution in [0.5, 0.6) is 0 Å². The van der Waals surface area contributed by atoms with Crippen molar-refractivity contribution >= 4 is 17.5 Å². The van der Waals surface area contributed by atoms with Crippen LogP contribution in [0.3, 0.4) is 0 Å². The predicted molar refractivity (Wildman–Crippen MR) is 64.3 cm³/mol. The van der Waals surface area contributed by atoms with Crippen molar-refractivity contribution in [2.75, 3.05) is 7.11 Å². The second-order valence-electron chi connectivity index (χ2n) is 3.94. The molecule has 5 heteroatoms. The molecule has 94 valence electrons. The van der Waals surface area contributed by atoms with E-state index in [1.807, 2.05) is 6.07 Å². The quantitative estimate of drug-likeness (QED) is 0.598. The molecule has 0 bridgehead atoms. The van der Waals surface area contributed by atoms with Gasteiger partial charge in [0.15, 0.2) is 0 Å². The molecule has 0 amide bonds. The van der Waals surface area contributed by atoms with E-state index >= 15 is 0 Å². The summed E-state index contributed by atoms with van der Waals surface area (Å²) in [4.78, 5) is 28.1. The van der Waals surface area contributed by atoms with Gasteiger partial charge in [-0.15, -0.1) is 0 Å². The highest BCUT2D eigenvalue weighted by molar-refractivity contribution is 6.46. The third kappa shape index (κ3) is 2.74. The minimum Gasteiger partial charge on any atom is -0.469 e. The molecule has 1 heterocycles. The molecular formula is C13H13NO4. The van der Waals surface area contributed by atoms with E-state index in [9.17, 15) is 9.59 Å². The van der Waals surface area contributed by atoms with Gasteiger partial charge >= 0.3 is 5.97 Å². The molecule has 18 heavy (non-hydrogen) atoms. The first kappa shape index (κ1) is 12.3. The van der Waals surface area contributed by atoms with Gasteiger partial charge in [-0.3, -0.25) is 9.59 Å². The van der Waals surface area contributed by atoms with Crippen molar-refractivity contribution < 1.29 is 19.2 Å². The number of hydrogen-bond acceptors (Lipinski definition) is 5. The molecule has 1 aromatic rings. The van der Waals surface area contributed by atoms with Gasteiger partial charge in [0, 0.05) is 12.0 Å². The van der Waals surface area contributed by atoms with Crippen LogP contribution in [0.2, 0.25) is 0 Å². The molecule has 1 aliphatic heterocycles. The Labute approximate surface area is 104 Å². The van der Waals surface area contributed by atoms with Crippen molar-refractivity contribution in [3.8, 4) is 0 Å². The number of ether oxygens (including phenoxy) is 1. The summed E-state index contributed by atoms with van der Waals surface area (Å²) in [5.74, 6) is -0.536. The summed E-state index contributed by atoms with van der Waals surface area (Å²) in [5, 5.41) is 3.74. The molecule has 0 fully saturated rings. The zero-order valence-electron chi connectivity index (χ0n) is 9.96. The highest BCUT2D eigenvalue weighted by Crippen LogP contribution is 2.17. The lowest BCUT2D eigenvalue weighted by molar-refractivity contribution is -0.143. The largest absolute Gasteiger partial charge is 0.469 e. The summed E-state index contributed by atoms with van der Waals surface area (Å²) < 4.78 is 4.54. The molecule has 0 saturated heterocycles. The van der Waals surface area contributed by atoms with Crippen LogP contribution in [0.15, 0.2) is 35.5 Å². The van der Waals surface area contributed by atoms with E-state index < -0.39 is 6.10 Å². The van der Waals surface area contributed by atoms with E-state index in [0.29, 0.717) is 17.7 Å². The van der Waals surface area contributed by atoms with Gasteiger partial charge in [0.2, 0.25) is 5.78 Å². The van der Waals surface area contributed by atoms with E-state index in [1.165, 1.54) is 7.11 Å². The summed E-state index contributed by atoms with van der Waals surface area (Å²) in [6.45, 7) is 0. The second-order valence-corrected chi connectivity index (χ2v) is 3.94. The van der Waals surface area contributed by atoms with Gasteiger partial charge in [0.05, 0.1) is 13.5 Å². The van der Waals surface area contributed by atoms with Crippen molar-refractivity contribution in [3.05, 3.63) is 35.9 Å². The molecule has 5 nitrogen and oxygen atoms in total. The Morgan fingerprint density at radius 1 is 1.39 bits per heavy atom. The standard InChI is InChI=1S/C13H13NO4/c1-17-12(15)8-10-7-11(14-18-10)13(16)9-5-3-2-4-6-9/h2-6,10H,7-8H2,1H3. The number of carbonyl (C=O) groups is 2. The van der Waals surface area contributed by atoms with E-state index in [4.69, 9.17) is 4.84 Å².